The SMILES string of the molecule is Cc1ccc(-c2oc3cc(O)c(C(=O)O)cc3c2-c2cn(CCCC(=O)NCc3ccccc3)nn2)cc1. The predicted octanol–water partition coefficient (Wildman–Crippen LogP) is 5.17. The van der Waals surface area contributed by atoms with Gasteiger partial charge in [0, 0.05) is 36.5 Å². The standard InChI is InChI=1S/C29H26N4O5/c1-18-9-11-20(12-10-18)28-27(22-14-21(29(36)37)24(34)15-25(22)38-28)23-17-33(32-31-23)13-5-8-26(35)30-16-19-6-3-2-4-7-19/h2-4,6-7,9-12,14-15,17,34H,5,8,13,16H2,1H3,(H,30,35)(H,36,37). The van der Waals surface area contributed by atoms with Crippen LogP contribution in [0.25, 0.3) is 33.6 Å². The molecule has 192 valence electrons. The van der Waals surface area contributed by atoms with Crippen molar-refractivity contribution in [2.75, 3.05) is 0 Å². The molecule has 0 unspecified atom stereocenters. The Bertz CT molecular complexity index is 1600. The number of aromatic carboxylic acids is 1. The molecule has 5 rings (SSSR count). The number of hydrogen-bond donors (Lipinski definition) is 3. The first-order valence-electron chi connectivity index (χ1n) is 12.2. The molecule has 3 N–H and O–H groups in total. The number of furan rings is 1. The molecule has 0 saturated heterocycles. The molecule has 9 nitrogen and oxygen atoms in total. The summed E-state index contributed by atoms with van der Waals surface area (Å²) in [5, 5.41) is 31.7. The van der Waals surface area contributed by atoms with Gasteiger partial charge in [-0.15, -0.1) is 5.10 Å². The van der Waals surface area contributed by atoms with Crippen LogP contribution in [0.5, 0.6) is 5.75 Å². The zero-order valence-corrected chi connectivity index (χ0v) is 20.7. The summed E-state index contributed by atoms with van der Waals surface area (Å²) >= 11 is 0. The molecule has 1 amide bonds. The highest BCUT2D eigenvalue weighted by Crippen LogP contribution is 2.42. The van der Waals surface area contributed by atoms with E-state index in [9.17, 15) is 19.8 Å². The van der Waals surface area contributed by atoms with Crippen LogP contribution < -0.4 is 5.32 Å². The van der Waals surface area contributed by atoms with Crippen molar-refractivity contribution in [3.05, 3.63) is 89.6 Å². The van der Waals surface area contributed by atoms with Gasteiger partial charge in [0.15, 0.2) is 0 Å². The highest BCUT2D eigenvalue weighted by atomic mass is 16.4. The maximum absolute atomic E-state index is 12.2. The zero-order chi connectivity index (χ0) is 26.6. The summed E-state index contributed by atoms with van der Waals surface area (Å²) in [4.78, 5) is 23.9. The molecule has 0 aliphatic heterocycles. The Kier molecular flexibility index (Phi) is 6.90. The van der Waals surface area contributed by atoms with Crippen LogP contribution in [-0.2, 0) is 17.9 Å². The normalized spacial score (nSPS) is 11.1. The number of nitrogens with one attached hydrogen (secondary N) is 1. The zero-order valence-electron chi connectivity index (χ0n) is 20.7. The first kappa shape index (κ1) is 24.8. The Morgan fingerprint density at radius 2 is 1.82 bits per heavy atom. The summed E-state index contributed by atoms with van der Waals surface area (Å²) in [7, 11) is 0. The molecule has 0 spiro atoms. The van der Waals surface area contributed by atoms with E-state index in [2.05, 4.69) is 15.6 Å². The molecule has 2 heterocycles. The number of nitrogens with zero attached hydrogens (tertiary/aromatic N) is 3. The Labute approximate surface area is 218 Å². The van der Waals surface area contributed by atoms with E-state index in [0.717, 1.165) is 16.7 Å². The number of rotatable bonds is 9. The molecular weight excluding hydrogens is 484 g/mol. The van der Waals surface area contributed by atoms with Crippen molar-refractivity contribution in [3.63, 3.8) is 0 Å². The molecule has 0 saturated carbocycles. The maximum atomic E-state index is 12.2. The van der Waals surface area contributed by atoms with Crippen LogP contribution in [0, 0.1) is 6.92 Å². The molecule has 0 bridgehead atoms. The topological polar surface area (TPSA) is 130 Å². The average molecular weight is 511 g/mol. The molecular formula is C29H26N4O5. The Morgan fingerprint density at radius 1 is 1.05 bits per heavy atom. The number of hydrogen-bond acceptors (Lipinski definition) is 6. The minimum absolute atomic E-state index is 0.0438. The van der Waals surface area contributed by atoms with Crippen molar-refractivity contribution < 1.29 is 24.2 Å². The van der Waals surface area contributed by atoms with Gasteiger partial charge in [0.2, 0.25) is 5.91 Å². The molecule has 0 fully saturated rings. The van der Waals surface area contributed by atoms with Crippen LogP contribution in [0.4, 0.5) is 0 Å². The lowest BCUT2D eigenvalue weighted by Gasteiger charge is -2.05. The maximum Gasteiger partial charge on any atom is 0.339 e. The molecule has 0 aliphatic rings. The van der Waals surface area contributed by atoms with Gasteiger partial charge >= 0.3 is 5.97 Å². The van der Waals surface area contributed by atoms with E-state index in [0.29, 0.717) is 53.9 Å². The summed E-state index contributed by atoms with van der Waals surface area (Å²) in [5.74, 6) is -1.18. The quantitative estimate of drug-likeness (QED) is 0.249. The van der Waals surface area contributed by atoms with Gasteiger partial charge in [-0.1, -0.05) is 65.4 Å². The number of phenols is 1. The smallest absolute Gasteiger partial charge is 0.339 e. The van der Waals surface area contributed by atoms with Crippen LogP contribution in [0.3, 0.4) is 0 Å². The third kappa shape index (κ3) is 5.27. The van der Waals surface area contributed by atoms with Gasteiger partial charge in [0.25, 0.3) is 0 Å². The average Bonchev–Trinajstić information content (AvgIpc) is 3.52. The van der Waals surface area contributed by atoms with Crippen LogP contribution in [0.2, 0.25) is 0 Å². The number of fused-ring (bicyclic) bond motifs is 1. The number of carboxylic acid groups (broad SMARTS) is 1. The lowest BCUT2D eigenvalue weighted by atomic mass is 10.0. The number of carbonyl (C=O) groups is 2. The summed E-state index contributed by atoms with van der Waals surface area (Å²) in [6.45, 7) is 2.94. The van der Waals surface area contributed by atoms with Gasteiger partial charge in [-0.2, -0.15) is 0 Å². The Morgan fingerprint density at radius 3 is 2.55 bits per heavy atom. The highest BCUT2D eigenvalue weighted by Gasteiger charge is 2.23. The van der Waals surface area contributed by atoms with Crippen molar-refractivity contribution in [2.24, 2.45) is 0 Å². The van der Waals surface area contributed by atoms with Gasteiger partial charge in [-0.25, -0.2) is 4.79 Å². The van der Waals surface area contributed by atoms with E-state index in [1.54, 1.807) is 10.9 Å². The molecule has 9 heteroatoms. The van der Waals surface area contributed by atoms with Gasteiger partial charge in [-0.3, -0.25) is 9.48 Å². The number of amides is 1. The van der Waals surface area contributed by atoms with Crippen molar-refractivity contribution in [1.29, 1.82) is 0 Å². The second kappa shape index (κ2) is 10.6. The van der Waals surface area contributed by atoms with Crippen molar-refractivity contribution in [3.8, 4) is 28.3 Å². The minimum atomic E-state index is -1.25. The van der Waals surface area contributed by atoms with E-state index in [4.69, 9.17) is 4.42 Å². The molecule has 5 aromatic rings. The Balaban J connectivity index is 1.38. The number of carbonyl (C=O) groups excluding carboxylic acids is 1. The molecule has 0 aliphatic carbocycles. The molecule has 0 atom stereocenters. The summed E-state index contributed by atoms with van der Waals surface area (Å²) in [6, 6.07) is 20.1. The van der Waals surface area contributed by atoms with Gasteiger partial charge < -0.3 is 19.9 Å². The molecule has 3 aromatic carbocycles. The molecule has 38 heavy (non-hydrogen) atoms. The minimum Gasteiger partial charge on any atom is -0.507 e. The number of benzene rings is 3. The van der Waals surface area contributed by atoms with Gasteiger partial charge in [0.1, 0.15) is 28.4 Å². The van der Waals surface area contributed by atoms with Crippen LogP contribution >= 0.6 is 0 Å². The van der Waals surface area contributed by atoms with E-state index < -0.39 is 5.97 Å². The van der Waals surface area contributed by atoms with Gasteiger partial charge in [-0.05, 0) is 25.0 Å². The third-order valence-corrected chi connectivity index (χ3v) is 6.27. The fourth-order valence-corrected chi connectivity index (χ4v) is 4.27. The summed E-state index contributed by atoms with van der Waals surface area (Å²) in [6.07, 6.45) is 2.65. The lowest BCUT2D eigenvalue weighted by Crippen LogP contribution is -2.22. The van der Waals surface area contributed by atoms with Crippen LogP contribution in [0.15, 0.2) is 77.3 Å². The Hall–Kier alpha value is -4.92. The highest BCUT2D eigenvalue weighted by molar-refractivity contribution is 6.05. The molecule has 0 radical (unpaired) electrons. The number of aromatic hydroxyl groups is 1. The number of carboxylic acids is 1. The summed E-state index contributed by atoms with van der Waals surface area (Å²) < 4.78 is 7.75. The first-order chi connectivity index (χ1) is 18.4. The van der Waals surface area contributed by atoms with E-state index in [1.807, 2.05) is 61.5 Å². The lowest BCUT2D eigenvalue weighted by molar-refractivity contribution is -0.121. The monoisotopic (exact) mass is 510 g/mol. The van der Waals surface area contributed by atoms with E-state index in [-0.39, 0.29) is 17.2 Å². The third-order valence-electron chi connectivity index (χ3n) is 6.27. The number of aryl methyl sites for hydroxylation is 2. The van der Waals surface area contributed by atoms with Crippen LogP contribution in [-0.4, -0.2) is 37.1 Å². The second-order valence-electron chi connectivity index (χ2n) is 9.08. The second-order valence-corrected chi connectivity index (χ2v) is 9.08. The van der Waals surface area contributed by atoms with Crippen molar-refractivity contribution >= 4 is 22.8 Å². The fraction of sp³-hybridized carbons (Fsp3) is 0.172. The fourth-order valence-electron chi connectivity index (χ4n) is 4.27. The predicted molar refractivity (Wildman–Crippen MR) is 142 cm³/mol. The van der Waals surface area contributed by atoms with E-state index in [1.165, 1.54) is 12.1 Å². The van der Waals surface area contributed by atoms with Gasteiger partial charge in [0.05, 0.1) is 11.8 Å². The van der Waals surface area contributed by atoms with Crippen LogP contribution in [0.1, 0.15) is 34.3 Å². The largest absolute Gasteiger partial charge is 0.507 e. The summed E-state index contributed by atoms with van der Waals surface area (Å²) in [5.41, 5.74) is 4.08. The van der Waals surface area contributed by atoms with Crippen molar-refractivity contribution in [2.45, 2.75) is 32.9 Å². The van der Waals surface area contributed by atoms with Crippen molar-refractivity contribution in [1.82, 2.24) is 20.3 Å². The first-order valence-corrected chi connectivity index (χ1v) is 12.2. The van der Waals surface area contributed by atoms with E-state index >= 15 is 0 Å². The molecule has 2 aromatic heterocycles. The number of aromatic nitrogens is 3.